The molecule has 2 aliphatic heterocycles. The van der Waals surface area contributed by atoms with E-state index in [0.29, 0.717) is 30.0 Å². The van der Waals surface area contributed by atoms with Crippen molar-refractivity contribution < 1.29 is 24.1 Å². The zero-order valence-electron chi connectivity index (χ0n) is 19.7. The molecule has 1 atom stereocenters. The highest BCUT2D eigenvalue weighted by Crippen LogP contribution is 2.51. The number of phenolic OH excluding ortho intramolecular Hbond substituents is 1. The quantitative estimate of drug-likeness (QED) is 0.419. The van der Waals surface area contributed by atoms with Crippen LogP contribution in [-0.4, -0.2) is 22.7 Å². The summed E-state index contributed by atoms with van der Waals surface area (Å²) >= 11 is 0. The molecule has 0 saturated carbocycles. The average Bonchev–Trinajstić information content (AvgIpc) is 3.43. The Balaban J connectivity index is 1.52. The number of carbonyl (C=O) groups excluding carboxylic acids is 1. The van der Waals surface area contributed by atoms with Crippen molar-refractivity contribution in [2.75, 3.05) is 11.5 Å². The number of ether oxygens (including phenoxy) is 1. The van der Waals surface area contributed by atoms with Crippen LogP contribution in [0.1, 0.15) is 27.8 Å². The minimum atomic E-state index is -2.38. The molecule has 36 heavy (non-hydrogen) atoms. The van der Waals surface area contributed by atoms with Gasteiger partial charge in [0.1, 0.15) is 17.3 Å². The third-order valence-electron chi connectivity index (χ3n) is 7.14. The first kappa shape index (κ1) is 22.3. The third-order valence-corrected chi connectivity index (χ3v) is 7.14. The van der Waals surface area contributed by atoms with Gasteiger partial charge >= 0.3 is 0 Å². The van der Waals surface area contributed by atoms with Crippen molar-refractivity contribution in [3.63, 3.8) is 0 Å². The summed E-state index contributed by atoms with van der Waals surface area (Å²) in [6.07, 6.45) is 0.574. The Morgan fingerprint density at radius 3 is 2.58 bits per heavy atom. The third kappa shape index (κ3) is 3.22. The molecule has 0 fully saturated rings. The number of aliphatic hydroxyl groups is 1. The summed E-state index contributed by atoms with van der Waals surface area (Å²) in [6, 6.07) is 23.3. The van der Waals surface area contributed by atoms with Gasteiger partial charge in [-0.15, -0.1) is 0 Å². The van der Waals surface area contributed by atoms with Gasteiger partial charge in [0.15, 0.2) is 0 Å². The monoisotopic (exact) mass is 481 g/mol. The van der Waals surface area contributed by atoms with Crippen LogP contribution in [0.15, 0.2) is 78.9 Å². The number of phenols is 1. The van der Waals surface area contributed by atoms with Crippen molar-refractivity contribution in [2.45, 2.75) is 25.5 Å². The number of nitrogens with zero attached hydrogens (tertiary/aromatic N) is 1. The summed E-state index contributed by atoms with van der Waals surface area (Å²) in [5.41, 5.74) is 1.94. The lowest BCUT2D eigenvalue weighted by Crippen LogP contribution is -2.41. The van der Waals surface area contributed by atoms with Crippen LogP contribution in [0.4, 0.5) is 10.1 Å². The van der Waals surface area contributed by atoms with Gasteiger partial charge in [0.05, 0.1) is 24.4 Å². The molecule has 0 bridgehead atoms. The van der Waals surface area contributed by atoms with Crippen molar-refractivity contribution >= 4 is 11.6 Å². The molecule has 0 radical (unpaired) electrons. The highest BCUT2D eigenvalue weighted by atomic mass is 19.1. The standard InChI is InChI=1S/C30H24FNO4/c1-18-11-12-24(31)27-28(18)32(17-21-9-5-6-10-22(21)19-7-3-2-4-8-19)29(34)30(27,35)23-15-20-13-14-36-26(20)16-25(23)33/h2-12,15-16,33,35H,13-14,17H2,1H3. The predicted octanol–water partition coefficient (Wildman–Crippen LogP) is 5.22. The van der Waals surface area contributed by atoms with E-state index in [0.717, 1.165) is 22.3 Å². The second-order valence-corrected chi connectivity index (χ2v) is 9.29. The van der Waals surface area contributed by atoms with Gasteiger partial charge < -0.3 is 19.8 Å². The van der Waals surface area contributed by atoms with Crippen LogP contribution in [0.2, 0.25) is 0 Å². The SMILES string of the molecule is Cc1ccc(F)c2c1N(Cc1ccccc1-c1ccccc1)C(=O)C2(O)c1cc2c(cc1O)OCC2. The molecule has 6 heteroatoms. The molecule has 2 heterocycles. The van der Waals surface area contributed by atoms with Gasteiger partial charge in [0.25, 0.3) is 5.91 Å². The largest absolute Gasteiger partial charge is 0.507 e. The van der Waals surface area contributed by atoms with Crippen molar-refractivity contribution in [2.24, 2.45) is 0 Å². The second-order valence-electron chi connectivity index (χ2n) is 9.29. The van der Waals surface area contributed by atoms with Gasteiger partial charge in [-0.25, -0.2) is 4.39 Å². The normalized spacial score (nSPS) is 18.2. The number of aryl methyl sites for hydroxylation is 1. The first-order valence-corrected chi connectivity index (χ1v) is 11.9. The lowest BCUT2D eigenvalue weighted by Gasteiger charge is -2.25. The highest BCUT2D eigenvalue weighted by Gasteiger charge is 2.55. The lowest BCUT2D eigenvalue weighted by atomic mass is 9.84. The van der Waals surface area contributed by atoms with Crippen molar-refractivity contribution in [1.82, 2.24) is 0 Å². The molecule has 0 saturated heterocycles. The first-order chi connectivity index (χ1) is 17.4. The number of fused-ring (bicyclic) bond motifs is 2. The Bertz CT molecular complexity index is 1520. The molecule has 4 aromatic carbocycles. The van der Waals surface area contributed by atoms with E-state index in [2.05, 4.69) is 0 Å². The molecule has 180 valence electrons. The Kier molecular flexibility index (Phi) is 5.09. The van der Waals surface area contributed by atoms with E-state index in [-0.39, 0.29) is 23.4 Å². The molecule has 1 amide bonds. The summed E-state index contributed by atoms with van der Waals surface area (Å²) < 4.78 is 21.0. The van der Waals surface area contributed by atoms with Crippen LogP contribution >= 0.6 is 0 Å². The number of amides is 1. The van der Waals surface area contributed by atoms with Gasteiger partial charge in [0.2, 0.25) is 5.60 Å². The number of anilines is 1. The van der Waals surface area contributed by atoms with Crippen LogP contribution in [0, 0.1) is 12.7 Å². The van der Waals surface area contributed by atoms with Crippen molar-refractivity contribution in [3.8, 4) is 22.6 Å². The summed E-state index contributed by atoms with van der Waals surface area (Å²) in [5, 5.41) is 22.8. The number of benzene rings is 4. The molecule has 1 unspecified atom stereocenters. The number of rotatable bonds is 4. The topological polar surface area (TPSA) is 70.0 Å². The van der Waals surface area contributed by atoms with Crippen LogP contribution in [-0.2, 0) is 23.4 Å². The number of hydrogen-bond donors (Lipinski definition) is 2. The summed E-state index contributed by atoms with van der Waals surface area (Å²) in [4.78, 5) is 15.5. The van der Waals surface area contributed by atoms with E-state index >= 15 is 4.39 Å². The van der Waals surface area contributed by atoms with Crippen molar-refractivity contribution in [3.05, 3.63) is 112 Å². The average molecular weight is 482 g/mol. The molecule has 0 spiro atoms. The van der Waals surface area contributed by atoms with E-state index < -0.39 is 17.3 Å². The van der Waals surface area contributed by atoms with E-state index in [9.17, 15) is 15.0 Å². The van der Waals surface area contributed by atoms with Gasteiger partial charge in [-0.2, -0.15) is 0 Å². The van der Waals surface area contributed by atoms with E-state index in [1.54, 1.807) is 19.1 Å². The molecular weight excluding hydrogens is 457 g/mol. The Morgan fingerprint density at radius 1 is 1.03 bits per heavy atom. The molecule has 4 aromatic rings. The van der Waals surface area contributed by atoms with Crippen LogP contribution < -0.4 is 9.64 Å². The maximum Gasteiger partial charge on any atom is 0.269 e. The maximum atomic E-state index is 15.4. The summed E-state index contributed by atoms with van der Waals surface area (Å²) in [5.74, 6) is -1.22. The van der Waals surface area contributed by atoms with Crippen LogP contribution in [0.3, 0.4) is 0 Å². The molecule has 0 aromatic heterocycles. The van der Waals surface area contributed by atoms with E-state index in [4.69, 9.17) is 4.74 Å². The minimum absolute atomic E-state index is 0.0404. The van der Waals surface area contributed by atoms with Crippen LogP contribution in [0.5, 0.6) is 11.5 Å². The zero-order valence-corrected chi connectivity index (χ0v) is 19.7. The van der Waals surface area contributed by atoms with E-state index in [1.165, 1.54) is 17.0 Å². The zero-order chi connectivity index (χ0) is 25.0. The van der Waals surface area contributed by atoms with Gasteiger partial charge in [-0.3, -0.25) is 4.79 Å². The molecular formula is C30H24FNO4. The van der Waals surface area contributed by atoms with Crippen molar-refractivity contribution in [1.29, 1.82) is 0 Å². The smallest absolute Gasteiger partial charge is 0.269 e. The molecule has 0 aliphatic carbocycles. The maximum absolute atomic E-state index is 15.4. The number of hydrogen-bond acceptors (Lipinski definition) is 4. The van der Waals surface area contributed by atoms with E-state index in [1.807, 2.05) is 54.6 Å². The number of aromatic hydroxyl groups is 1. The van der Waals surface area contributed by atoms with Gasteiger partial charge in [-0.1, -0.05) is 60.7 Å². The minimum Gasteiger partial charge on any atom is -0.507 e. The molecule has 5 nitrogen and oxygen atoms in total. The number of carbonyl (C=O) groups is 1. The fourth-order valence-corrected chi connectivity index (χ4v) is 5.40. The Hall–Kier alpha value is -4.16. The van der Waals surface area contributed by atoms with Gasteiger partial charge in [-0.05, 0) is 46.9 Å². The first-order valence-electron chi connectivity index (χ1n) is 11.9. The van der Waals surface area contributed by atoms with Gasteiger partial charge in [0, 0.05) is 18.1 Å². The highest BCUT2D eigenvalue weighted by molar-refractivity contribution is 6.10. The molecule has 2 aliphatic rings. The van der Waals surface area contributed by atoms with Crippen LogP contribution in [0.25, 0.3) is 11.1 Å². The number of halogens is 1. The molecule has 6 rings (SSSR count). The summed E-state index contributed by atoms with van der Waals surface area (Å²) in [6.45, 7) is 2.35. The summed E-state index contributed by atoms with van der Waals surface area (Å²) in [7, 11) is 0. The molecule has 2 N–H and O–H groups in total. The fourth-order valence-electron chi connectivity index (χ4n) is 5.40. The fraction of sp³-hybridized carbons (Fsp3) is 0.167. The lowest BCUT2D eigenvalue weighted by molar-refractivity contribution is -0.132. The Morgan fingerprint density at radius 2 is 1.78 bits per heavy atom. The second kappa shape index (κ2) is 8.21. The predicted molar refractivity (Wildman–Crippen MR) is 135 cm³/mol. The Labute approximate surface area is 208 Å².